The first-order chi connectivity index (χ1) is 15.7. The van der Waals surface area contributed by atoms with Crippen LogP contribution in [-0.4, -0.2) is 60.2 Å². The molecule has 182 valence electrons. The van der Waals surface area contributed by atoms with Crippen molar-refractivity contribution in [2.75, 3.05) is 18.9 Å². The second-order valence-corrected chi connectivity index (χ2v) is 11.8. The third-order valence-electron chi connectivity index (χ3n) is 7.23. The van der Waals surface area contributed by atoms with E-state index in [0.29, 0.717) is 25.0 Å². The number of morpholine rings is 1. The number of benzene rings is 1. The van der Waals surface area contributed by atoms with Crippen molar-refractivity contribution in [2.45, 2.75) is 69.6 Å². The van der Waals surface area contributed by atoms with Gasteiger partial charge in [0.05, 0.1) is 24.2 Å². The Balaban J connectivity index is 1.44. The van der Waals surface area contributed by atoms with Gasteiger partial charge in [0.2, 0.25) is 10.0 Å². The van der Waals surface area contributed by atoms with Crippen LogP contribution in [0, 0.1) is 6.92 Å². The Morgan fingerprint density at radius 2 is 1.88 bits per heavy atom. The van der Waals surface area contributed by atoms with Gasteiger partial charge in [0, 0.05) is 42.3 Å². The Hall–Kier alpha value is -1.45. The Kier molecular flexibility index (Phi) is 7.80. The number of aromatic nitrogens is 2. The molecule has 1 saturated carbocycles. The maximum absolute atomic E-state index is 11.5. The number of halogens is 1. The van der Waals surface area contributed by atoms with Crippen molar-refractivity contribution in [3.63, 3.8) is 0 Å². The Morgan fingerprint density at radius 3 is 2.48 bits per heavy atom. The van der Waals surface area contributed by atoms with Crippen LogP contribution in [0.5, 0.6) is 0 Å². The van der Waals surface area contributed by atoms with Gasteiger partial charge >= 0.3 is 0 Å². The van der Waals surface area contributed by atoms with E-state index in [9.17, 15) is 8.42 Å². The number of hydrogen-bond acceptors (Lipinski definition) is 5. The van der Waals surface area contributed by atoms with Crippen molar-refractivity contribution in [1.29, 1.82) is 0 Å². The van der Waals surface area contributed by atoms with Gasteiger partial charge in [-0.05, 0) is 69.2 Å². The summed E-state index contributed by atoms with van der Waals surface area (Å²) in [6.07, 6.45) is 5.67. The largest absolute Gasteiger partial charge is 0.375 e. The fourth-order valence-corrected chi connectivity index (χ4v) is 5.97. The molecular formula is C24H35ClN4O3S. The molecule has 0 amide bonds. The number of nitrogens with zero attached hydrogens (tertiary/aromatic N) is 3. The van der Waals surface area contributed by atoms with Crippen molar-refractivity contribution in [2.24, 2.45) is 12.2 Å². The van der Waals surface area contributed by atoms with Gasteiger partial charge in [-0.2, -0.15) is 5.10 Å². The standard InChI is InChI=1S/C24H35ClN4O3S/c1-17-13-24(27-28(17)2)19-5-9-21(10-6-19)29-15-23(11-12-33(26,30)31)32-16-22(29)14-18-3-7-20(25)8-4-18/h3-4,7-8,13,19,21-23H,5-6,9-12,14-16H2,1-2H3,(H2,26,30,31)/t19?,21?,22-,23+/m0/s1. The lowest BCUT2D eigenvalue weighted by Crippen LogP contribution is -2.55. The molecular weight excluding hydrogens is 460 g/mol. The zero-order valence-corrected chi connectivity index (χ0v) is 21.1. The highest BCUT2D eigenvalue weighted by Crippen LogP contribution is 2.36. The molecule has 1 aromatic carbocycles. The van der Waals surface area contributed by atoms with E-state index in [1.807, 2.05) is 23.9 Å². The molecule has 2 N–H and O–H groups in total. The predicted molar refractivity (Wildman–Crippen MR) is 131 cm³/mol. The molecule has 2 fully saturated rings. The quantitative estimate of drug-likeness (QED) is 0.637. The van der Waals surface area contributed by atoms with Gasteiger partial charge in [-0.3, -0.25) is 9.58 Å². The van der Waals surface area contributed by atoms with Gasteiger partial charge in [-0.15, -0.1) is 0 Å². The van der Waals surface area contributed by atoms with Crippen molar-refractivity contribution >= 4 is 21.6 Å². The minimum absolute atomic E-state index is 0.0425. The first kappa shape index (κ1) is 24.7. The topological polar surface area (TPSA) is 90.4 Å². The van der Waals surface area contributed by atoms with E-state index >= 15 is 0 Å². The fourth-order valence-electron chi connectivity index (χ4n) is 5.26. The number of rotatable bonds is 7. The van der Waals surface area contributed by atoms with E-state index in [2.05, 4.69) is 30.0 Å². The molecule has 0 spiro atoms. The van der Waals surface area contributed by atoms with Crippen molar-refractivity contribution in [1.82, 2.24) is 14.7 Å². The maximum Gasteiger partial charge on any atom is 0.209 e. The maximum atomic E-state index is 11.5. The van der Waals surface area contributed by atoms with Gasteiger partial charge in [0.1, 0.15) is 0 Å². The summed E-state index contributed by atoms with van der Waals surface area (Å²) >= 11 is 6.07. The van der Waals surface area contributed by atoms with E-state index in [0.717, 1.165) is 43.7 Å². The molecule has 1 aliphatic carbocycles. The third kappa shape index (κ3) is 6.57. The molecule has 1 saturated heterocycles. The zero-order valence-electron chi connectivity index (χ0n) is 19.5. The summed E-state index contributed by atoms with van der Waals surface area (Å²) in [5.41, 5.74) is 3.64. The van der Waals surface area contributed by atoms with Crippen LogP contribution in [0.25, 0.3) is 0 Å². The smallest absolute Gasteiger partial charge is 0.209 e. The van der Waals surface area contributed by atoms with Gasteiger partial charge in [0.25, 0.3) is 0 Å². The van der Waals surface area contributed by atoms with Crippen LogP contribution in [0.2, 0.25) is 5.02 Å². The lowest BCUT2D eigenvalue weighted by atomic mass is 9.82. The summed E-state index contributed by atoms with van der Waals surface area (Å²) in [6, 6.07) is 11.0. The summed E-state index contributed by atoms with van der Waals surface area (Å²) in [5, 5.41) is 10.7. The van der Waals surface area contributed by atoms with E-state index in [1.54, 1.807) is 0 Å². The van der Waals surface area contributed by atoms with Gasteiger partial charge in [-0.25, -0.2) is 13.6 Å². The number of aryl methyl sites for hydroxylation is 2. The van der Waals surface area contributed by atoms with E-state index in [4.69, 9.17) is 26.6 Å². The highest BCUT2D eigenvalue weighted by Gasteiger charge is 2.36. The van der Waals surface area contributed by atoms with Crippen LogP contribution in [0.4, 0.5) is 0 Å². The number of nitrogens with two attached hydrogens (primary N) is 1. The summed E-state index contributed by atoms with van der Waals surface area (Å²) in [5.74, 6) is 0.467. The van der Waals surface area contributed by atoms with Crippen LogP contribution in [-0.2, 0) is 28.2 Å². The lowest BCUT2D eigenvalue weighted by molar-refractivity contribution is -0.0848. The van der Waals surface area contributed by atoms with Crippen LogP contribution in [0.1, 0.15) is 55.0 Å². The molecule has 2 aromatic rings. The number of ether oxygens (including phenoxy) is 1. The van der Waals surface area contributed by atoms with Crippen LogP contribution >= 0.6 is 11.6 Å². The Labute approximate surface area is 202 Å². The molecule has 7 nitrogen and oxygen atoms in total. The summed E-state index contributed by atoms with van der Waals surface area (Å²) < 4.78 is 31.0. The van der Waals surface area contributed by atoms with Gasteiger partial charge in [-0.1, -0.05) is 23.7 Å². The molecule has 0 bridgehead atoms. The molecule has 0 radical (unpaired) electrons. The SMILES string of the molecule is Cc1cc(C2CCC(N3C[C@@H](CCS(N)(=O)=O)OC[C@@H]3Cc3ccc(Cl)cc3)CC2)nn1C. The molecule has 2 heterocycles. The van der Waals surface area contributed by atoms with Crippen molar-refractivity contribution < 1.29 is 13.2 Å². The van der Waals surface area contributed by atoms with Crippen LogP contribution < -0.4 is 5.14 Å². The normalized spacial score (nSPS) is 27.0. The molecule has 2 atom stereocenters. The van der Waals surface area contributed by atoms with Crippen LogP contribution in [0.15, 0.2) is 30.3 Å². The Morgan fingerprint density at radius 1 is 1.18 bits per heavy atom. The minimum Gasteiger partial charge on any atom is -0.375 e. The highest BCUT2D eigenvalue weighted by atomic mass is 35.5. The molecule has 0 unspecified atom stereocenters. The molecule has 33 heavy (non-hydrogen) atoms. The van der Waals surface area contributed by atoms with Crippen molar-refractivity contribution in [3.05, 3.63) is 52.3 Å². The van der Waals surface area contributed by atoms with Crippen molar-refractivity contribution in [3.8, 4) is 0 Å². The second-order valence-electron chi connectivity index (χ2n) is 9.63. The predicted octanol–water partition coefficient (Wildman–Crippen LogP) is 3.40. The second kappa shape index (κ2) is 10.4. The first-order valence-electron chi connectivity index (χ1n) is 11.8. The molecule has 1 aromatic heterocycles. The summed E-state index contributed by atoms with van der Waals surface area (Å²) in [6.45, 7) is 3.43. The summed E-state index contributed by atoms with van der Waals surface area (Å²) in [7, 11) is -1.49. The van der Waals surface area contributed by atoms with Gasteiger partial charge in [0.15, 0.2) is 0 Å². The lowest BCUT2D eigenvalue weighted by Gasteiger charge is -2.46. The number of primary sulfonamides is 1. The van der Waals surface area contributed by atoms with Crippen LogP contribution in [0.3, 0.4) is 0 Å². The number of hydrogen-bond donors (Lipinski definition) is 1. The van der Waals surface area contributed by atoms with Gasteiger partial charge < -0.3 is 4.74 Å². The van der Waals surface area contributed by atoms with E-state index in [1.165, 1.54) is 17.0 Å². The summed E-state index contributed by atoms with van der Waals surface area (Å²) in [4.78, 5) is 2.58. The minimum atomic E-state index is -3.49. The average molecular weight is 495 g/mol. The highest BCUT2D eigenvalue weighted by molar-refractivity contribution is 7.89. The van der Waals surface area contributed by atoms with E-state index < -0.39 is 10.0 Å². The van der Waals surface area contributed by atoms with E-state index in [-0.39, 0.29) is 17.9 Å². The zero-order chi connectivity index (χ0) is 23.6. The third-order valence-corrected chi connectivity index (χ3v) is 8.29. The molecule has 2 aliphatic rings. The Bertz CT molecular complexity index is 1010. The monoisotopic (exact) mass is 494 g/mol. The molecule has 9 heteroatoms. The average Bonchev–Trinajstić information content (AvgIpc) is 3.12. The molecule has 4 rings (SSSR count). The fraction of sp³-hybridized carbons (Fsp3) is 0.625. The molecule has 1 aliphatic heterocycles. The first-order valence-corrected chi connectivity index (χ1v) is 13.9. The number of sulfonamides is 1.